The van der Waals surface area contributed by atoms with E-state index in [9.17, 15) is 4.79 Å². The van der Waals surface area contributed by atoms with Gasteiger partial charge in [0.2, 0.25) is 5.91 Å². The third-order valence-corrected chi connectivity index (χ3v) is 3.98. The molecule has 0 bridgehead atoms. The van der Waals surface area contributed by atoms with Gasteiger partial charge in [-0.1, -0.05) is 6.42 Å². The van der Waals surface area contributed by atoms with Crippen LogP contribution in [0.1, 0.15) is 19.3 Å². The maximum Gasteiger partial charge on any atom is 0.227 e. The van der Waals surface area contributed by atoms with Crippen LogP contribution in [-0.2, 0) is 9.53 Å². The molecule has 0 aliphatic heterocycles. The van der Waals surface area contributed by atoms with E-state index in [0.29, 0.717) is 25.7 Å². The second-order valence-electron chi connectivity index (χ2n) is 5.39. The average Bonchev–Trinajstić information content (AvgIpc) is 2.98. The van der Waals surface area contributed by atoms with Gasteiger partial charge in [0.05, 0.1) is 6.61 Å². The van der Waals surface area contributed by atoms with Crippen LogP contribution < -0.4 is 15.8 Å². The molecule has 0 radical (unpaired) electrons. The number of nitrogens with one attached hydrogen (secondary N) is 1. The number of ether oxygens (including phenoxy) is 2. The van der Waals surface area contributed by atoms with Gasteiger partial charge in [0.15, 0.2) is 0 Å². The third kappa shape index (κ3) is 4.44. The van der Waals surface area contributed by atoms with Gasteiger partial charge in [0.25, 0.3) is 0 Å². The Morgan fingerprint density at radius 3 is 2.71 bits per heavy atom. The SMILES string of the molecule is COCCOc1ccc(NC(=O)C2CCCC2CN)cc1. The Bertz CT molecular complexity index is 447. The summed E-state index contributed by atoms with van der Waals surface area (Å²) in [6.45, 7) is 1.66. The topological polar surface area (TPSA) is 73.6 Å². The van der Waals surface area contributed by atoms with Gasteiger partial charge in [-0.15, -0.1) is 0 Å². The predicted molar refractivity (Wildman–Crippen MR) is 82.3 cm³/mol. The van der Waals surface area contributed by atoms with Crippen molar-refractivity contribution in [3.63, 3.8) is 0 Å². The minimum Gasteiger partial charge on any atom is -0.491 e. The van der Waals surface area contributed by atoms with Crippen molar-refractivity contribution in [2.24, 2.45) is 17.6 Å². The van der Waals surface area contributed by atoms with Gasteiger partial charge in [-0.25, -0.2) is 0 Å². The Labute approximate surface area is 125 Å². The molecule has 2 rings (SSSR count). The fraction of sp³-hybridized carbons (Fsp3) is 0.562. The summed E-state index contributed by atoms with van der Waals surface area (Å²) in [5, 5.41) is 2.97. The molecule has 0 saturated heterocycles. The first-order valence-electron chi connectivity index (χ1n) is 7.47. The van der Waals surface area contributed by atoms with Crippen molar-refractivity contribution in [2.45, 2.75) is 19.3 Å². The highest BCUT2D eigenvalue weighted by molar-refractivity contribution is 5.93. The predicted octanol–water partition coefficient (Wildman–Crippen LogP) is 2.03. The molecule has 5 heteroatoms. The van der Waals surface area contributed by atoms with E-state index in [2.05, 4.69) is 5.32 Å². The first-order chi connectivity index (χ1) is 10.2. The zero-order valence-corrected chi connectivity index (χ0v) is 12.5. The fourth-order valence-electron chi connectivity index (χ4n) is 2.78. The summed E-state index contributed by atoms with van der Waals surface area (Å²) in [5.41, 5.74) is 6.52. The lowest BCUT2D eigenvalue weighted by Crippen LogP contribution is -2.29. The van der Waals surface area contributed by atoms with Crippen molar-refractivity contribution in [1.82, 2.24) is 0 Å². The van der Waals surface area contributed by atoms with Crippen LogP contribution in [0, 0.1) is 11.8 Å². The van der Waals surface area contributed by atoms with Crippen molar-refractivity contribution in [3.05, 3.63) is 24.3 Å². The third-order valence-electron chi connectivity index (χ3n) is 3.98. The Hall–Kier alpha value is -1.59. The number of carbonyl (C=O) groups excluding carboxylic acids is 1. The molecule has 116 valence electrons. The van der Waals surface area contributed by atoms with Crippen LogP contribution in [0.15, 0.2) is 24.3 Å². The summed E-state index contributed by atoms with van der Waals surface area (Å²) >= 11 is 0. The molecule has 1 aliphatic rings. The van der Waals surface area contributed by atoms with Crippen molar-refractivity contribution in [3.8, 4) is 5.75 Å². The molecule has 1 aliphatic carbocycles. The monoisotopic (exact) mass is 292 g/mol. The van der Waals surface area contributed by atoms with Gasteiger partial charge in [0, 0.05) is 18.7 Å². The zero-order valence-electron chi connectivity index (χ0n) is 12.5. The molecular formula is C16H24N2O3. The van der Waals surface area contributed by atoms with Gasteiger partial charge >= 0.3 is 0 Å². The molecule has 1 fully saturated rings. The quantitative estimate of drug-likeness (QED) is 0.754. The fourth-order valence-corrected chi connectivity index (χ4v) is 2.78. The number of anilines is 1. The van der Waals surface area contributed by atoms with Crippen LogP contribution >= 0.6 is 0 Å². The molecule has 1 saturated carbocycles. The summed E-state index contributed by atoms with van der Waals surface area (Å²) in [4.78, 5) is 12.3. The first-order valence-corrected chi connectivity index (χ1v) is 7.47. The highest BCUT2D eigenvalue weighted by Gasteiger charge is 2.31. The summed E-state index contributed by atoms with van der Waals surface area (Å²) < 4.78 is 10.4. The highest BCUT2D eigenvalue weighted by atomic mass is 16.5. The van der Waals surface area contributed by atoms with E-state index in [0.717, 1.165) is 30.7 Å². The van der Waals surface area contributed by atoms with Crippen LogP contribution in [0.25, 0.3) is 0 Å². The minimum atomic E-state index is 0.0487. The normalized spacial score (nSPS) is 21.2. The van der Waals surface area contributed by atoms with Gasteiger partial charge in [0.1, 0.15) is 12.4 Å². The summed E-state index contributed by atoms with van der Waals surface area (Å²) in [6, 6.07) is 7.40. The smallest absolute Gasteiger partial charge is 0.227 e. The molecular weight excluding hydrogens is 268 g/mol. The number of methoxy groups -OCH3 is 1. The number of carbonyl (C=O) groups is 1. The lowest BCUT2D eigenvalue weighted by Gasteiger charge is -2.17. The average molecular weight is 292 g/mol. The largest absolute Gasteiger partial charge is 0.491 e. The van der Waals surface area contributed by atoms with E-state index < -0.39 is 0 Å². The Morgan fingerprint density at radius 2 is 2.05 bits per heavy atom. The lowest BCUT2D eigenvalue weighted by atomic mass is 9.95. The van der Waals surface area contributed by atoms with Gasteiger partial charge in [-0.05, 0) is 49.6 Å². The Morgan fingerprint density at radius 1 is 1.29 bits per heavy atom. The molecule has 1 amide bonds. The maximum atomic E-state index is 12.3. The Balaban J connectivity index is 1.86. The van der Waals surface area contributed by atoms with E-state index in [-0.39, 0.29) is 11.8 Å². The number of rotatable bonds is 7. The summed E-state index contributed by atoms with van der Waals surface area (Å²) in [6.07, 6.45) is 3.08. The number of hydrogen-bond acceptors (Lipinski definition) is 4. The second kappa shape index (κ2) is 8.00. The summed E-state index contributed by atoms with van der Waals surface area (Å²) in [5.74, 6) is 1.22. The van der Waals surface area contributed by atoms with E-state index >= 15 is 0 Å². The van der Waals surface area contributed by atoms with Crippen LogP contribution in [0.5, 0.6) is 5.75 Å². The first kappa shape index (κ1) is 15.8. The standard InChI is InChI=1S/C16H24N2O3/c1-20-9-10-21-14-7-5-13(6-8-14)18-16(19)15-4-2-3-12(15)11-17/h5-8,12,15H,2-4,9-11,17H2,1H3,(H,18,19). The molecule has 5 nitrogen and oxygen atoms in total. The number of amides is 1. The van der Waals surface area contributed by atoms with Crippen LogP contribution in [-0.4, -0.2) is 32.8 Å². The van der Waals surface area contributed by atoms with E-state index in [1.54, 1.807) is 7.11 Å². The van der Waals surface area contributed by atoms with Crippen LogP contribution in [0.3, 0.4) is 0 Å². The zero-order chi connectivity index (χ0) is 15.1. The van der Waals surface area contributed by atoms with Gasteiger partial charge in [-0.2, -0.15) is 0 Å². The van der Waals surface area contributed by atoms with Crippen molar-refractivity contribution >= 4 is 11.6 Å². The van der Waals surface area contributed by atoms with Crippen molar-refractivity contribution < 1.29 is 14.3 Å². The molecule has 3 N–H and O–H groups in total. The van der Waals surface area contributed by atoms with Crippen molar-refractivity contribution in [1.29, 1.82) is 0 Å². The molecule has 2 unspecified atom stereocenters. The second-order valence-corrected chi connectivity index (χ2v) is 5.39. The molecule has 0 spiro atoms. The molecule has 2 atom stereocenters. The molecule has 1 aromatic rings. The molecule has 1 aromatic carbocycles. The summed E-state index contributed by atoms with van der Waals surface area (Å²) in [7, 11) is 1.64. The Kier molecular flexibility index (Phi) is 6.02. The van der Waals surface area contributed by atoms with Crippen LogP contribution in [0.2, 0.25) is 0 Å². The van der Waals surface area contributed by atoms with Gasteiger partial charge in [-0.3, -0.25) is 4.79 Å². The van der Waals surface area contributed by atoms with Gasteiger partial charge < -0.3 is 20.5 Å². The lowest BCUT2D eigenvalue weighted by molar-refractivity contribution is -0.120. The molecule has 0 heterocycles. The molecule has 0 aromatic heterocycles. The number of benzene rings is 1. The van der Waals surface area contributed by atoms with E-state index in [4.69, 9.17) is 15.2 Å². The van der Waals surface area contributed by atoms with Crippen LogP contribution in [0.4, 0.5) is 5.69 Å². The van der Waals surface area contributed by atoms with E-state index in [1.165, 1.54) is 0 Å². The number of nitrogens with two attached hydrogens (primary N) is 1. The maximum absolute atomic E-state index is 12.3. The van der Waals surface area contributed by atoms with Crippen molar-refractivity contribution in [2.75, 3.05) is 32.2 Å². The molecule has 21 heavy (non-hydrogen) atoms. The highest BCUT2D eigenvalue weighted by Crippen LogP contribution is 2.32. The van der Waals surface area contributed by atoms with E-state index in [1.807, 2.05) is 24.3 Å². The number of hydrogen-bond donors (Lipinski definition) is 2. The minimum absolute atomic E-state index is 0.0487.